The molecule has 1 aliphatic rings. The molecule has 0 bridgehead atoms. The van der Waals surface area contributed by atoms with Gasteiger partial charge in [0.1, 0.15) is 17.2 Å². The predicted molar refractivity (Wildman–Crippen MR) is 88.9 cm³/mol. The van der Waals surface area contributed by atoms with Crippen LogP contribution in [-0.4, -0.2) is 31.9 Å². The van der Waals surface area contributed by atoms with E-state index in [0.717, 1.165) is 17.2 Å². The van der Waals surface area contributed by atoms with Crippen LogP contribution in [0.5, 0.6) is 5.75 Å². The first kappa shape index (κ1) is 15.4. The monoisotopic (exact) mass is 338 g/mol. The highest BCUT2D eigenvalue weighted by Gasteiger charge is 2.27. The normalized spacial score (nSPS) is 13.6. The van der Waals surface area contributed by atoms with Crippen LogP contribution in [0, 0.1) is 0 Å². The number of amides is 1. The molecule has 0 radical (unpaired) electrons. The van der Waals surface area contributed by atoms with Gasteiger partial charge in [-0.05, 0) is 12.1 Å². The number of oxazole rings is 1. The Morgan fingerprint density at radius 3 is 2.92 bits per heavy atom. The molecule has 0 aliphatic carbocycles. The quantitative estimate of drug-likeness (QED) is 0.729. The molecule has 1 aliphatic heterocycles. The fourth-order valence-electron chi connectivity index (χ4n) is 2.87. The summed E-state index contributed by atoms with van der Waals surface area (Å²) in [7, 11) is 1.81. The third kappa shape index (κ3) is 3.13. The number of aryl methyl sites for hydroxylation is 1. The Labute approximate surface area is 144 Å². The van der Waals surface area contributed by atoms with Crippen molar-refractivity contribution in [3.05, 3.63) is 65.9 Å². The molecule has 0 saturated heterocycles. The van der Waals surface area contributed by atoms with E-state index >= 15 is 0 Å². The number of rotatable bonds is 4. The summed E-state index contributed by atoms with van der Waals surface area (Å²) in [5.74, 6) is 1.98. The molecule has 7 heteroatoms. The van der Waals surface area contributed by atoms with Crippen molar-refractivity contribution < 1.29 is 13.9 Å². The van der Waals surface area contributed by atoms with Gasteiger partial charge in [-0.3, -0.25) is 4.79 Å². The largest absolute Gasteiger partial charge is 0.484 e. The van der Waals surface area contributed by atoms with Crippen LogP contribution in [0.25, 0.3) is 0 Å². The van der Waals surface area contributed by atoms with Crippen molar-refractivity contribution in [2.45, 2.75) is 19.6 Å². The number of ether oxygens (including phenoxy) is 1. The average molecular weight is 338 g/mol. The first-order chi connectivity index (χ1) is 12.2. The standard InChI is InChI=1S/C18H18N4O3/c1-21-12-19-9-15(21)18(23)22-8-7-14-16(10-22)25-17(20-14)11-24-13-5-3-2-4-6-13/h2-6,9,12H,7-8,10-11H2,1H3. The molecule has 7 nitrogen and oxygen atoms in total. The van der Waals surface area contributed by atoms with Gasteiger partial charge in [0.2, 0.25) is 5.89 Å². The molecule has 25 heavy (non-hydrogen) atoms. The molecule has 0 unspecified atom stereocenters. The Hall–Kier alpha value is -3.09. The first-order valence-electron chi connectivity index (χ1n) is 8.11. The second-order valence-electron chi connectivity index (χ2n) is 5.95. The third-order valence-corrected chi connectivity index (χ3v) is 4.20. The number of nitrogens with zero attached hydrogens (tertiary/aromatic N) is 4. The summed E-state index contributed by atoms with van der Waals surface area (Å²) in [6, 6.07) is 9.54. The molecule has 0 fully saturated rings. The van der Waals surface area contributed by atoms with Gasteiger partial charge < -0.3 is 18.6 Å². The highest BCUT2D eigenvalue weighted by Crippen LogP contribution is 2.22. The van der Waals surface area contributed by atoms with E-state index in [1.165, 1.54) is 0 Å². The summed E-state index contributed by atoms with van der Waals surface area (Å²) < 4.78 is 13.2. The summed E-state index contributed by atoms with van der Waals surface area (Å²) in [5, 5.41) is 0. The van der Waals surface area contributed by atoms with Gasteiger partial charge in [0.15, 0.2) is 6.61 Å². The maximum absolute atomic E-state index is 12.6. The molecule has 0 spiro atoms. The SMILES string of the molecule is Cn1cncc1C(=O)N1CCc2nc(COc3ccccc3)oc2C1. The maximum Gasteiger partial charge on any atom is 0.272 e. The zero-order valence-electron chi connectivity index (χ0n) is 13.9. The van der Waals surface area contributed by atoms with Crippen molar-refractivity contribution in [3.63, 3.8) is 0 Å². The minimum Gasteiger partial charge on any atom is -0.484 e. The minimum absolute atomic E-state index is 0.0517. The number of carbonyl (C=O) groups is 1. The summed E-state index contributed by atoms with van der Waals surface area (Å²) >= 11 is 0. The Kier molecular flexibility index (Phi) is 3.97. The van der Waals surface area contributed by atoms with Crippen LogP contribution in [0.15, 0.2) is 47.3 Å². The van der Waals surface area contributed by atoms with Crippen molar-refractivity contribution in [2.75, 3.05) is 6.54 Å². The molecule has 3 heterocycles. The Morgan fingerprint density at radius 2 is 2.16 bits per heavy atom. The zero-order chi connectivity index (χ0) is 17.2. The van der Waals surface area contributed by atoms with Crippen molar-refractivity contribution >= 4 is 5.91 Å². The van der Waals surface area contributed by atoms with Crippen LogP contribution in [-0.2, 0) is 26.6 Å². The summed E-state index contributed by atoms with van der Waals surface area (Å²) in [6.45, 7) is 1.30. The van der Waals surface area contributed by atoms with Crippen LogP contribution in [0.1, 0.15) is 27.8 Å². The van der Waals surface area contributed by atoms with Crippen LogP contribution in [0.2, 0.25) is 0 Å². The predicted octanol–water partition coefficient (Wildman–Crippen LogP) is 2.19. The lowest BCUT2D eigenvalue weighted by Crippen LogP contribution is -2.36. The number of fused-ring (bicyclic) bond motifs is 1. The molecule has 128 valence electrons. The molecular weight excluding hydrogens is 320 g/mol. The second kappa shape index (κ2) is 6.43. The highest BCUT2D eigenvalue weighted by molar-refractivity contribution is 5.92. The Morgan fingerprint density at radius 1 is 1.32 bits per heavy atom. The molecule has 0 atom stereocenters. The van der Waals surface area contributed by atoms with Gasteiger partial charge in [0.05, 0.1) is 24.8 Å². The van der Waals surface area contributed by atoms with Crippen LogP contribution >= 0.6 is 0 Å². The van der Waals surface area contributed by atoms with Gasteiger partial charge in [-0.2, -0.15) is 0 Å². The topological polar surface area (TPSA) is 73.4 Å². The van der Waals surface area contributed by atoms with Crippen molar-refractivity contribution in [1.29, 1.82) is 0 Å². The van der Waals surface area contributed by atoms with Gasteiger partial charge in [-0.25, -0.2) is 9.97 Å². The van der Waals surface area contributed by atoms with E-state index in [1.54, 1.807) is 22.0 Å². The second-order valence-corrected chi connectivity index (χ2v) is 5.95. The Balaban J connectivity index is 1.44. The van der Waals surface area contributed by atoms with Gasteiger partial charge in [0, 0.05) is 20.0 Å². The van der Waals surface area contributed by atoms with Crippen molar-refractivity contribution in [1.82, 2.24) is 19.4 Å². The lowest BCUT2D eigenvalue weighted by Gasteiger charge is -2.25. The van der Waals surface area contributed by atoms with E-state index in [0.29, 0.717) is 31.1 Å². The van der Waals surface area contributed by atoms with Gasteiger partial charge in [0.25, 0.3) is 5.91 Å². The van der Waals surface area contributed by atoms with Crippen LogP contribution in [0.3, 0.4) is 0 Å². The van der Waals surface area contributed by atoms with E-state index in [9.17, 15) is 4.79 Å². The van der Waals surface area contributed by atoms with E-state index in [1.807, 2.05) is 37.4 Å². The van der Waals surface area contributed by atoms with E-state index in [4.69, 9.17) is 9.15 Å². The molecular formula is C18H18N4O3. The summed E-state index contributed by atoms with van der Waals surface area (Å²) in [6.07, 6.45) is 3.88. The minimum atomic E-state index is -0.0517. The molecule has 1 aromatic carbocycles. The third-order valence-electron chi connectivity index (χ3n) is 4.20. The number of para-hydroxylation sites is 1. The lowest BCUT2D eigenvalue weighted by atomic mass is 10.1. The summed E-state index contributed by atoms with van der Waals surface area (Å²) in [4.78, 5) is 22.8. The average Bonchev–Trinajstić information content (AvgIpc) is 3.25. The smallest absolute Gasteiger partial charge is 0.272 e. The number of benzene rings is 1. The maximum atomic E-state index is 12.6. The Bertz CT molecular complexity index is 885. The number of hydrogen-bond donors (Lipinski definition) is 0. The van der Waals surface area contributed by atoms with Crippen molar-refractivity contribution in [3.8, 4) is 5.75 Å². The fourth-order valence-corrected chi connectivity index (χ4v) is 2.87. The number of carbonyl (C=O) groups excluding carboxylic acids is 1. The lowest BCUT2D eigenvalue weighted by molar-refractivity contribution is 0.0708. The molecule has 2 aromatic heterocycles. The molecule has 0 N–H and O–H groups in total. The summed E-state index contributed by atoms with van der Waals surface area (Å²) in [5.41, 5.74) is 1.47. The fraction of sp³-hybridized carbons (Fsp3) is 0.278. The van der Waals surface area contributed by atoms with E-state index in [-0.39, 0.29) is 12.5 Å². The number of aromatic nitrogens is 3. The van der Waals surface area contributed by atoms with Gasteiger partial charge in [-0.1, -0.05) is 18.2 Å². The van der Waals surface area contributed by atoms with Gasteiger partial charge >= 0.3 is 0 Å². The molecule has 0 saturated carbocycles. The zero-order valence-corrected chi connectivity index (χ0v) is 13.9. The molecule has 4 rings (SSSR count). The van der Waals surface area contributed by atoms with Crippen LogP contribution < -0.4 is 4.74 Å². The number of imidazole rings is 1. The van der Waals surface area contributed by atoms with E-state index < -0.39 is 0 Å². The highest BCUT2D eigenvalue weighted by atomic mass is 16.5. The molecule has 3 aromatic rings. The number of hydrogen-bond acceptors (Lipinski definition) is 5. The first-order valence-corrected chi connectivity index (χ1v) is 8.11. The van der Waals surface area contributed by atoms with E-state index in [2.05, 4.69) is 9.97 Å². The van der Waals surface area contributed by atoms with Gasteiger partial charge in [-0.15, -0.1) is 0 Å². The van der Waals surface area contributed by atoms with Crippen LogP contribution in [0.4, 0.5) is 0 Å². The van der Waals surface area contributed by atoms with Crippen molar-refractivity contribution in [2.24, 2.45) is 7.05 Å². The molecule has 1 amide bonds.